The fraction of sp³-hybridized carbons (Fsp3) is 0.294. The Morgan fingerprint density at radius 1 is 1.05 bits per heavy atom. The Balaban J connectivity index is 2.19. The van der Waals surface area contributed by atoms with Gasteiger partial charge in [-0.2, -0.15) is 0 Å². The van der Waals surface area contributed by atoms with Gasteiger partial charge in [0, 0.05) is 17.8 Å². The predicted octanol–water partition coefficient (Wildman–Crippen LogP) is 4.89. The van der Waals surface area contributed by atoms with E-state index in [1.807, 2.05) is 24.3 Å². The Hall–Kier alpha value is -2.03. The van der Waals surface area contributed by atoms with E-state index in [9.17, 15) is 4.39 Å². The lowest BCUT2D eigenvalue weighted by Crippen LogP contribution is -2.14. The van der Waals surface area contributed by atoms with Crippen molar-refractivity contribution < 1.29 is 9.13 Å². The third kappa shape index (κ3) is 3.29. The molecule has 0 fully saturated rings. The first kappa shape index (κ1) is 14.4. The average Bonchev–Trinajstić information content (AvgIpc) is 2.38. The molecule has 0 saturated carbocycles. The SMILES string of the molecule is CCC(C)(C)c1ccc(Oc2cc(N)cc(F)c2)cc1. The number of halogens is 1. The van der Waals surface area contributed by atoms with Crippen molar-refractivity contribution in [2.24, 2.45) is 0 Å². The summed E-state index contributed by atoms with van der Waals surface area (Å²) < 4.78 is 18.9. The topological polar surface area (TPSA) is 35.2 Å². The molecular weight excluding hydrogens is 253 g/mol. The summed E-state index contributed by atoms with van der Waals surface area (Å²) in [5.74, 6) is 0.680. The number of benzene rings is 2. The molecule has 2 aromatic carbocycles. The van der Waals surface area contributed by atoms with Crippen molar-refractivity contribution in [3.8, 4) is 11.5 Å². The smallest absolute Gasteiger partial charge is 0.132 e. The van der Waals surface area contributed by atoms with Gasteiger partial charge in [-0.3, -0.25) is 0 Å². The molecule has 2 rings (SSSR count). The van der Waals surface area contributed by atoms with Crippen molar-refractivity contribution in [2.75, 3.05) is 5.73 Å². The van der Waals surface area contributed by atoms with Crippen LogP contribution in [0.4, 0.5) is 10.1 Å². The van der Waals surface area contributed by atoms with Crippen LogP contribution in [0.15, 0.2) is 42.5 Å². The summed E-state index contributed by atoms with van der Waals surface area (Å²) in [6.45, 7) is 6.58. The van der Waals surface area contributed by atoms with Gasteiger partial charge in [-0.1, -0.05) is 32.9 Å². The second kappa shape index (κ2) is 5.53. The van der Waals surface area contributed by atoms with Crippen LogP contribution < -0.4 is 10.5 Å². The molecule has 0 aromatic heterocycles. The molecule has 0 bridgehead atoms. The van der Waals surface area contributed by atoms with E-state index < -0.39 is 5.82 Å². The lowest BCUT2D eigenvalue weighted by Gasteiger charge is -2.23. The Bertz CT molecular complexity index is 570. The zero-order valence-corrected chi connectivity index (χ0v) is 12.1. The summed E-state index contributed by atoms with van der Waals surface area (Å²) >= 11 is 0. The number of nitrogens with two attached hydrogens (primary N) is 1. The van der Waals surface area contributed by atoms with Gasteiger partial charge in [-0.15, -0.1) is 0 Å². The van der Waals surface area contributed by atoms with Crippen molar-refractivity contribution in [1.29, 1.82) is 0 Å². The number of nitrogen functional groups attached to an aromatic ring is 1. The van der Waals surface area contributed by atoms with E-state index >= 15 is 0 Å². The largest absolute Gasteiger partial charge is 0.457 e. The maximum atomic E-state index is 13.2. The highest BCUT2D eigenvalue weighted by Gasteiger charge is 2.17. The Labute approximate surface area is 119 Å². The monoisotopic (exact) mass is 273 g/mol. The molecular formula is C17H20FNO. The van der Waals surface area contributed by atoms with Gasteiger partial charge < -0.3 is 10.5 Å². The molecule has 2 nitrogen and oxygen atoms in total. The van der Waals surface area contributed by atoms with Gasteiger partial charge >= 0.3 is 0 Å². The van der Waals surface area contributed by atoms with Crippen LogP contribution in [0.1, 0.15) is 32.8 Å². The summed E-state index contributed by atoms with van der Waals surface area (Å²) in [6.07, 6.45) is 1.06. The fourth-order valence-electron chi connectivity index (χ4n) is 1.96. The summed E-state index contributed by atoms with van der Waals surface area (Å²) in [6, 6.07) is 12.1. The molecule has 0 spiro atoms. The highest BCUT2D eigenvalue weighted by atomic mass is 19.1. The van der Waals surface area contributed by atoms with Crippen LogP contribution in [0.3, 0.4) is 0 Å². The van der Waals surface area contributed by atoms with E-state index in [0.717, 1.165) is 6.42 Å². The minimum absolute atomic E-state index is 0.141. The second-order valence-electron chi connectivity index (χ2n) is 5.58. The summed E-state index contributed by atoms with van der Waals surface area (Å²) in [4.78, 5) is 0. The van der Waals surface area contributed by atoms with Crippen LogP contribution in [0.25, 0.3) is 0 Å². The van der Waals surface area contributed by atoms with E-state index in [2.05, 4.69) is 20.8 Å². The maximum absolute atomic E-state index is 13.2. The van der Waals surface area contributed by atoms with Crippen molar-refractivity contribution in [1.82, 2.24) is 0 Å². The molecule has 0 radical (unpaired) electrons. The van der Waals surface area contributed by atoms with Gasteiger partial charge in [0.25, 0.3) is 0 Å². The molecule has 2 N–H and O–H groups in total. The highest BCUT2D eigenvalue weighted by molar-refractivity contribution is 5.46. The number of hydrogen-bond donors (Lipinski definition) is 1. The summed E-state index contributed by atoms with van der Waals surface area (Å²) in [7, 11) is 0. The Morgan fingerprint density at radius 3 is 2.25 bits per heavy atom. The number of ether oxygens (including phenoxy) is 1. The van der Waals surface area contributed by atoms with Crippen LogP contribution in [0.5, 0.6) is 11.5 Å². The van der Waals surface area contributed by atoms with E-state index in [1.54, 1.807) is 6.07 Å². The molecule has 0 heterocycles. The zero-order chi connectivity index (χ0) is 14.8. The van der Waals surface area contributed by atoms with Crippen molar-refractivity contribution in [3.05, 3.63) is 53.8 Å². The first-order chi connectivity index (χ1) is 9.40. The fourth-order valence-corrected chi connectivity index (χ4v) is 1.96. The van der Waals surface area contributed by atoms with E-state index in [-0.39, 0.29) is 5.41 Å². The van der Waals surface area contributed by atoms with Gasteiger partial charge in [0.1, 0.15) is 17.3 Å². The molecule has 0 saturated heterocycles. The number of rotatable bonds is 4. The predicted molar refractivity (Wildman–Crippen MR) is 80.6 cm³/mol. The molecule has 0 unspecified atom stereocenters. The lowest BCUT2D eigenvalue weighted by atomic mass is 9.82. The second-order valence-corrected chi connectivity index (χ2v) is 5.58. The van der Waals surface area contributed by atoms with Gasteiger partial charge in [0.05, 0.1) is 0 Å². The number of anilines is 1. The molecule has 0 amide bonds. The Morgan fingerprint density at radius 2 is 1.70 bits per heavy atom. The molecule has 3 heteroatoms. The molecule has 106 valence electrons. The first-order valence-corrected chi connectivity index (χ1v) is 6.75. The van der Waals surface area contributed by atoms with Crippen LogP contribution in [-0.4, -0.2) is 0 Å². The van der Waals surface area contributed by atoms with Crippen LogP contribution in [0, 0.1) is 5.82 Å². The minimum atomic E-state index is -0.399. The number of hydrogen-bond acceptors (Lipinski definition) is 2. The van der Waals surface area contributed by atoms with Gasteiger partial charge in [0.2, 0.25) is 0 Å². The van der Waals surface area contributed by atoms with E-state index in [0.29, 0.717) is 17.2 Å². The molecule has 0 aliphatic carbocycles. The normalized spacial score (nSPS) is 11.4. The van der Waals surface area contributed by atoms with Gasteiger partial charge in [-0.05, 0) is 35.6 Å². The minimum Gasteiger partial charge on any atom is -0.457 e. The average molecular weight is 273 g/mol. The zero-order valence-electron chi connectivity index (χ0n) is 12.1. The van der Waals surface area contributed by atoms with Crippen LogP contribution in [-0.2, 0) is 5.41 Å². The molecule has 20 heavy (non-hydrogen) atoms. The molecule has 0 aliphatic rings. The third-order valence-electron chi connectivity index (χ3n) is 3.65. The first-order valence-electron chi connectivity index (χ1n) is 6.75. The Kier molecular flexibility index (Phi) is 3.98. The molecule has 0 aliphatic heterocycles. The van der Waals surface area contributed by atoms with Crippen LogP contribution >= 0.6 is 0 Å². The van der Waals surface area contributed by atoms with E-state index in [1.165, 1.54) is 17.7 Å². The van der Waals surface area contributed by atoms with Gasteiger partial charge in [0.15, 0.2) is 0 Å². The summed E-state index contributed by atoms with van der Waals surface area (Å²) in [5, 5.41) is 0. The highest BCUT2D eigenvalue weighted by Crippen LogP contribution is 2.30. The van der Waals surface area contributed by atoms with Gasteiger partial charge in [-0.25, -0.2) is 4.39 Å². The lowest BCUT2D eigenvalue weighted by molar-refractivity contribution is 0.473. The van der Waals surface area contributed by atoms with Crippen molar-refractivity contribution in [2.45, 2.75) is 32.6 Å². The van der Waals surface area contributed by atoms with Crippen molar-refractivity contribution in [3.63, 3.8) is 0 Å². The third-order valence-corrected chi connectivity index (χ3v) is 3.65. The van der Waals surface area contributed by atoms with E-state index in [4.69, 9.17) is 10.5 Å². The maximum Gasteiger partial charge on any atom is 0.132 e. The van der Waals surface area contributed by atoms with Crippen LogP contribution in [0.2, 0.25) is 0 Å². The van der Waals surface area contributed by atoms with Crippen molar-refractivity contribution >= 4 is 5.69 Å². The molecule has 0 atom stereocenters. The summed E-state index contributed by atoms with van der Waals surface area (Å²) in [5.41, 5.74) is 7.34. The quantitative estimate of drug-likeness (QED) is 0.805. The standard InChI is InChI=1S/C17H20FNO/c1-4-17(2,3)12-5-7-15(8-6-12)20-16-10-13(18)9-14(19)11-16/h5-11H,4,19H2,1-3H3. The molecule has 2 aromatic rings.